The van der Waals surface area contributed by atoms with E-state index in [1.807, 2.05) is 36.4 Å². The van der Waals surface area contributed by atoms with Gasteiger partial charge in [-0.15, -0.1) is 0 Å². The Morgan fingerprint density at radius 3 is 2.07 bits per heavy atom. The molecular weight excluding hydrogens is 364 g/mol. The molecule has 0 unspecified atom stereocenters. The average molecular weight is 388 g/mol. The van der Waals surface area contributed by atoms with Crippen molar-refractivity contribution < 1.29 is 14.6 Å². The van der Waals surface area contributed by atoms with Gasteiger partial charge in [-0.05, 0) is 60.9 Å². The number of hydrogen-bond donors (Lipinski definition) is 2. The summed E-state index contributed by atoms with van der Waals surface area (Å²) in [5.41, 5.74) is 6.92. The Labute approximate surface area is 169 Å². The van der Waals surface area contributed by atoms with Crippen molar-refractivity contribution in [3.05, 3.63) is 65.2 Å². The fourth-order valence-corrected chi connectivity index (χ4v) is 3.50. The lowest BCUT2D eigenvalue weighted by Crippen LogP contribution is -1.98. The smallest absolute Gasteiger partial charge is 0.162 e. The van der Waals surface area contributed by atoms with Gasteiger partial charge < -0.3 is 19.9 Å². The van der Waals surface area contributed by atoms with Crippen molar-refractivity contribution >= 4 is 33.2 Å². The fraction of sp³-hybridized carbons (Fsp3) is 0.208. The Morgan fingerprint density at radius 2 is 1.41 bits per heavy atom. The minimum atomic E-state index is 0.0247. The summed E-state index contributed by atoms with van der Waals surface area (Å²) in [5, 5.41) is 14.9. The molecule has 4 aromatic rings. The third-order valence-electron chi connectivity index (χ3n) is 5.30. The third kappa shape index (κ3) is 3.45. The van der Waals surface area contributed by atoms with Gasteiger partial charge in [0.25, 0.3) is 0 Å². The molecule has 0 saturated heterocycles. The Bertz CT molecular complexity index is 1200. The van der Waals surface area contributed by atoms with Gasteiger partial charge in [0.15, 0.2) is 11.5 Å². The van der Waals surface area contributed by atoms with Crippen LogP contribution in [-0.2, 0) is 6.61 Å². The van der Waals surface area contributed by atoms with E-state index < -0.39 is 0 Å². The molecule has 4 rings (SSSR count). The zero-order valence-corrected chi connectivity index (χ0v) is 17.0. The maximum atomic E-state index is 9.31. The van der Waals surface area contributed by atoms with E-state index in [2.05, 4.69) is 31.3 Å². The number of anilines is 2. The molecule has 0 radical (unpaired) electrons. The molecule has 1 aromatic heterocycles. The maximum Gasteiger partial charge on any atom is 0.162 e. The van der Waals surface area contributed by atoms with Crippen LogP contribution in [0, 0.1) is 13.8 Å². The quantitative estimate of drug-likeness (QED) is 0.457. The molecule has 0 aliphatic rings. The minimum Gasteiger partial charge on any atom is -0.493 e. The summed E-state index contributed by atoms with van der Waals surface area (Å²) < 4.78 is 11.0. The van der Waals surface area contributed by atoms with Crippen LogP contribution in [0.3, 0.4) is 0 Å². The van der Waals surface area contributed by atoms with Crippen molar-refractivity contribution in [2.75, 3.05) is 19.5 Å². The van der Waals surface area contributed by atoms with Gasteiger partial charge in [-0.25, -0.2) is 4.98 Å². The van der Waals surface area contributed by atoms with E-state index >= 15 is 0 Å². The van der Waals surface area contributed by atoms with Crippen LogP contribution in [0.25, 0.3) is 21.8 Å². The van der Waals surface area contributed by atoms with E-state index in [4.69, 9.17) is 14.5 Å². The van der Waals surface area contributed by atoms with Crippen molar-refractivity contribution in [2.45, 2.75) is 20.5 Å². The molecular formula is C24H24N2O3. The van der Waals surface area contributed by atoms with E-state index in [1.54, 1.807) is 14.2 Å². The first-order valence-corrected chi connectivity index (χ1v) is 9.47. The Hall–Kier alpha value is -3.31. The lowest BCUT2D eigenvalue weighted by atomic mass is 10.0. The van der Waals surface area contributed by atoms with E-state index in [0.717, 1.165) is 38.7 Å². The van der Waals surface area contributed by atoms with E-state index in [9.17, 15) is 5.11 Å². The van der Waals surface area contributed by atoms with Crippen molar-refractivity contribution in [1.82, 2.24) is 4.98 Å². The summed E-state index contributed by atoms with van der Waals surface area (Å²) in [6, 6.07) is 15.9. The molecule has 1 heterocycles. The topological polar surface area (TPSA) is 63.6 Å². The van der Waals surface area contributed by atoms with E-state index in [-0.39, 0.29) is 6.61 Å². The molecule has 0 amide bonds. The fourth-order valence-electron chi connectivity index (χ4n) is 3.50. The van der Waals surface area contributed by atoms with Crippen molar-refractivity contribution in [3.8, 4) is 11.5 Å². The molecule has 0 aliphatic carbocycles. The number of nitrogens with one attached hydrogen (secondary N) is 1. The monoisotopic (exact) mass is 388 g/mol. The number of rotatable bonds is 5. The highest BCUT2D eigenvalue weighted by atomic mass is 16.5. The van der Waals surface area contributed by atoms with Crippen LogP contribution in [0.15, 0.2) is 48.5 Å². The highest BCUT2D eigenvalue weighted by Gasteiger charge is 2.15. The van der Waals surface area contributed by atoms with Gasteiger partial charge in [0.2, 0.25) is 0 Å². The normalized spacial score (nSPS) is 11.1. The van der Waals surface area contributed by atoms with Crippen LogP contribution >= 0.6 is 0 Å². The first-order chi connectivity index (χ1) is 14.0. The summed E-state index contributed by atoms with van der Waals surface area (Å²) >= 11 is 0. The average Bonchev–Trinajstić information content (AvgIpc) is 2.74. The van der Waals surface area contributed by atoms with E-state index in [1.165, 1.54) is 11.1 Å². The standard InChI is InChI=1S/C24H24N2O3/c1-14-9-18-20(10-15(14)2)26-21-12-23(29-4)22(28-3)11-19(21)24(18)25-17-7-5-16(13-27)6-8-17/h5-12,27H,13H2,1-4H3,(H,25,26). The highest BCUT2D eigenvalue weighted by Crippen LogP contribution is 2.39. The molecule has 0 fully saturated rings. The first-order valence-electron chi connectivity index (χ1n) is 9.47. The zero-order valence-electron chi connectivity index (χ0n) is 17.0. The Balaban J connectivity index is 2.00. The number of hydrogen-bond acceptors (Lipinski definition) is 5. The molecule has 5 nitrogen and oxygen atoms in total. The van der Waals surface area contributed by atoms with Crippen molar-refractivity contribution in [3.63, 3.8) is 0 Å². The van der Waals surface area contributed by atoms with Crippen LogP contribution in [0.1, 0.15) is 16.7 Å². The number of fused-ring (bicyclic) bond motifs is 2. The first kappa shape index (κ1) is 19.0. The van der Waals surface area contributed by atoms with Crippen LogP contribution < -0.4 is 14.8 Å². The number of nitrogens with zero attached hydrogens (tertiary/aromatic N) is 1. The summed E-state index contributed by atoms with van der Waals surface area (Å²) in [6.45, 7) is 4.22. The van der Waals surface area contributed by atoms with Gasteiger partial charge in [0, 0.05) is 22.5 Å². The molecule has 29 heavy (non-hydrogen) atoms. The van der Waals surface area contributed by atoms with Crippen LogP contribution in [0.2, 0.25) is 0 Å². The highest BCUT2D eigenvalue weighted by molar-refractivity contribution is 6.09. The number of aryl methyl sites for hydroxylation is 2. The van der Waals surface area contributed by atoms with Crippen molar-refractivity contribution in [1.29, 1.82) is 0 Å². The second-order valence-corrected chi connectivity index (χ2v) is 7.14. The van der Waals surface area contributed by atoms with Crippen LogP contribution in [0.4, 0.5) is 11.4 Å². The number of benzene rings is 3. The number of pyridine rings is 1. The van der Waals surface area contributed by atoms with Gasteiger partial charge >= 0.3 is 0 Å². The second kappa shape index (κ2) is 7.60. The molecule has 0 atom stereocenters. The molecule has 0 bridgehead atoms. The van der Waals surface area contributed by atoms with Crippen LogP contribution in [0.5, 0.6) is 11.5 Å². The predicted molar refractivity (Wildman–Crippen MR) is 117 cm³/mol. The van der Waals surface area contributed by atoms with Gasteiger partial charge in [0.05, 0.1) is 37.5 Å². The van der Waals surface area contributed by atoms with Crippen LogP contribution in [-0.4, -0.2) is 24.3 Å². The van der Waals surface area contributed by atoms with Gasteiger partial charge in [-0.2, -0.15) is 0 Å². The Morgan fingerprint density at radius 1 is 0.828 bits per heavy atom. The summed E-state index contributed by atoms with van der Waals surface area (Å²) in [5.74, 6) is 1.30. The molecule has 5 heteroatoms. The maximum absolute atomic E-state index is 9.31. The molecule has 3 aromatic carbocycles. The molecule has 0 saturated carbocycles. The number of aromatic nitrogens is 1. The SMILES string of the molecule is COc1cc2nc3cc(C)c(C)cc3c(Nc3ccc(CO)cc3)c2cc1OC. The predicted octanol–water partition coefficient (Wildman–Crippen LogP) is 5.26. The van der Waals surface area contributed by atoms with E-state index in [0.29, 0.717) is 11.5 Å². The summed E-state index contributed by atoms with van der Waals surface area (Å²) in [7, 11) is 3.26. The number of aliphatic hydroxyl groups is 1. The Kier molecular flexibility index (Phi) is 4.99. The lowest BCUT2D eigenvalue weighted by molar-refractivity contribution is 0.282. The van der Waals surface area contributed by atoms with Gasteiger partial charge in [0.1, 0.15) is 0 Å². The lowest BCUT2D eigenvalue weighted by Gasteiger charge is -2.17. The molecule has 2 N–H and O–H groups in total. The summed E-state index contributed by atoms with van der Waals surface area (Å²) in [4.78, 5) is 4.88. The summed E-state index contributed by atoms with van der Waals surface area (Å²) in [6.07, 6.45) is 0. The number of methoxy groups -OCH3 is 2. The third-order valence-corrected chi connectivity index (χ3v) is 5.30. The number of ether oxygens (including phenoxy) is 2. The minimum absolute atomic E-state index is 0.0247. The van der Waals surface area contributed by atoms with Crippen molar-refractivity contribution in [2.24, 2.45) is 0 Å². The molecule has 148 valence electrons. The zero-order chi connectivity index (χ0) is 20.5. The molecule has 0 aliphatic heterocycles. The van der Waals surface area contributed by atoms with Gasteiger partial charge in [-0.3, -0.25) is 0 Å². The number of aliphatic hydroxyl groups excluding tert-OH is 1. The van der Waals surface area contributed by atoms with Gasteiger partial charge in [-0.1, -0.05) is 12.1 Å². The molecule has 0 spiro atoms. The second-order valence-electron chi connectivity index (χ2n) is 7.14. The largest absolute Gasteiger partial charge is 0.493 e.